The number of hydrogen-bond acceptors (Lipinski definition) is 2. The van der Waals surface area contributed by atoms with Gasteiger partial charge in [0.1, 0.15) is 5.38 Å². The summed E-state index contributed by atoms with van der Waals surface area (Å²) < 4.78 is 5.08. The van der Waals surface area contributed by atoms with Crippen LogP contribution >= 0.6 is 11.6 Å². The third-order valence-corrected chi connectivity index (χ3v) is 3.14. The Morgan fingerprint density at radius 2 is 2.43 bits per heavy atom. The van der Waals surface area contributed by atoms with Gasteiger partial charge in [-0.05, 0) is 19.3 Å². The molecule has 1 heterocycles. The Balaban J connectivity index is 2.53. The predicted molar refractivity (Wildman–Crippen MR) is 56.5 cm³/mol. The van der Waals surface area contributed by atoms with E-state index in [9.17, 15) is 4.79 Å². The van der Waals surface area contributed by atoms with Gasteiger partial charge >= 0.3 is 0 Å². The highest BCUT2D eigenvalue weighted by atomic mass is 35.5. The molecule has 0 N–H and O–H groups in total. The molecule has 1 fully saturated rings. The van der Waals surface area contributed by atoms with Crippen LogP contribution in [0, 0.1) is 0 Å². The zero-order chi connectivity index (χ0) is 10.6. The molecule has 0 bridgehead atoms. The molecule has 82 valence electrons. The molecule has 0 aromatic rings. The molecule has 1 aliphatic heterocycles. The van der Waals surface area contributed by atoms with Crippen molar-refractivity contribution in [1.29, 1.82) is 0 Å². The summed E-state index contributed by atoms with van der Waals surface area (Å²) in [4.78, 5) is 13.7. The molecule has 3 nitrogen and oxygen atoms in total. The lowest BCUT2D eigenvalue weighted by Crippen LogP contribution is -2.42. The molecule has 0 aliphatic carbocycles. The Morgan fingerprint density at radius 1 is 1.71 bits per heavy atom. The lowest BCUT2D eigenvalue weighted by atomic mass is 10.2. The summed E-state index contributed by atoms with van der Waals surface area (Å²) in [6.45, 7) is 3.38. The highest BCUT2D eigenvalue weighted by Gasteiger charge is 2.31. The summed E-state index contributed by atoms with van der Waals surface area (Å²) in [5, 5.41) is -0.368. The number of hydrogen-bond donors (Lipinski definition) is 0. The van der Waals surface area contributed by atoms with Crippen LogP contribution in [0.2, 0.25) is 0 Å². The average molecular weight is 220 g/mol. The molecule has 0 radical (unpaired) electrons. The minimum atomic E-state index is -0.368. The fourth-order valence-corrected chi connectivity index (χ4v) is 1.97. The van der Waals surface area contributed by atoms with Crippen molar-refractivity contribution in [3.8, 4) is 0 Å². The molecule has 14 heavy (non-hydrogen) atoms. The second-order valence-electron chi connectivity index (χ2n) is 3.66. The highest BCUT2D eigenvalue weighted by Crippen LogP contribution is 2.20. The molecule has 1 aliphatic rings. The quantitative estimate of drug-likeness (QED) is 0.673. The lowest BCUT2D eigenvalue weighted by molar-refractivity contribution is -0.132. The van der Waals surface area contributed by atoms with Gasteiger partial charge in [-0.15, -0.1) is 11.6 Å². The van der Waals surface area contributed by atoms with Crippen LogP contribution in [0.15, 0.2) is 0 Å². The summed E-state index contributed by atoms with van der Waals surface area (Å²) in [6.07, 6.45) is 2.79. The third kappa shape index (κ3) is 2.61. The highest BCUT2D eigenvalue weighted by molar-refractivity contribution is 6.30. The number of ether oxygens (including phenoxy) is 1. The number of rotatable bonds is 4. The van der Waals surface area contributed by atoms with E-state index < -0.39 is 0 Å². The maximum atomic E-state index is 11.8. The fraction of sp³-hybridized carbons (Fsp3) is 0.900. The molecule has 2 atom stereocenters. The SMILES string of the molecule is CCC(Cl)C(=O)N1CCCC1COC. The number of halogens is 1. The first-order valence-corrected chi connectivity index (χ1v) is 5.57. The summed E-state index contributed by atoms with van der Waals surface area (Å²) in [6, 6.07) is 0.236. The van der Waals surface area contributed by atoms with Crippen molar-refractivity contribution < 1.29 is 9.53 Å². The van der Waals surface area contributed by atoms with Crippen LogP contribution < -0.4 is 0 Å². The van der Waals surface area contributed by atoms with E-state index >= 15 is 0 Å². The van der Waals surface area contributed by atoms with Crippen LogP contribution in [0.25, 0.3) is 0 Å². The minimum absolute atomic E-state index is 0.0636. The van der Waals surface area contributed by atoms with Crippen molar-refractivity contribution in [1.82, 2.24) is 4.90 Å². The van der Waals surface area contributed by atoms with Crippen molar-refractivity contribution in [3.63, 3.8) is 0 Å². The minimum Gasteiger partial charge on any atom is -0.383 e. The van der Waals surface area contributed by atoms with Crippen LogP contribution in [0.1, 0.15) is 26.2 Å². The van der Waals surface area contributed by atoms with Gasteiger partial charge in [-0.25, -0.2) is 0 Å². The zero-order valence-corrected chi connectivity index (χ0v) is 9.59. The number of amides is 1. The Hall–Kier alpha value is -0.280. The van der Waals surface area contributed by atoms with Crippen molar-refractivity contribution in [2.24, 2.45) is 0 Å². The second-order valence-corrected chi connectivity index (χ2v) is 4.19. The first kappa shape index (κ1) is 11.8. The van der Waals surface area contributed by atoms with E-state index in [0.717, 1.165) is 19.4 Å². The zero-order valence-electron chi connectivity index (χ0n) is 8.83. The van der Waals surface area contributed by atoms with Crippen molar-refractivity contribution in [3.05, 3.63) is 0 Å². The van der Waals surface area contributed by atoms with E-state index in [2.05, 4.69) is 0 Å². The molecule has 1 amide bonds. The topological polar surface area (TPSA) is 29.5 Å². The van der Waals surface area contributed by atoms with Gasteiger partial charge in [0.15, 0.2) is 0 Å². The molecule has 0 saturated carbocycles. The van der Waals surface area contributed by atoms with Gasteiger partial charge in [0.2, 0.25) is 5.91 Å². The maximum Gasteiger partial charge on any atom is 0.240 e. The van der Waals surface area contributed by atoms with Crippen molar-refractivity contribution in [2.75, 3.05) is 20.3 Å². The first-order chi connectivity index (χ1) is 6.70. The standard InChI is InChI=1S/C10H18ClNO2/c1-3-9(11)10(13)12-6-4-5-8(12)7-14-2/h8-9H,3-7H2,1-2H3. The molecule has 2 unspecified atom stereocenters. The fourth-order valence-electron chi connectivity index (χ4n) is 1.85. The summed E-state index contributed by atoms with van der Waals surface area (Å²) >= 11 is 5.93. The van der Waals surface area contributed by atoms with Gasteiger partial charge in [0, 0.05) is 13.7 Å². The van der Waals surface area contributed by atoms with Crippen molar-refractivity contribution in [2.45, 2.75) is 37.6 Å². The van der Waals surface area contributed by atoms with Gasteiger partial charge in [0.25, 0.3) is 0 Å². The molecular formula is C10H18ClNO2. The Labute approximate surface area is 90.4 Å². The smallest absolute Gasteiger partial charge is 0.240 e. The normalized spacial score (nSPS) is 23.9. The molecular weight excluding hydrogens is 202 g/mol. The Kier molecular flexibility index (Phi) is 4.69. The Morgan fingerprint density at radius 3 is 3.00 bits per heavy atom. The van der Waals surface area contributed by atoms with Gasteiger partial charge in [-0.3, -0.25) is 4.79 Å². The molecule has 0 spiro atoms. The Bertz CT molecular complexity index is 199. The second kappa shape index (κ2) is 5.56. The van der Waals surface area contributed by atoms with E-state index in [1.54, 1.807) is 7.11 Å². The number of likely N-dealkylation sites (tertiary alicyclic amines) is 1. The average Bonchev–Trinajstić information content (AvgIpc) is 2.64. The van der Waals surface area contributed by atoms with Crippen LogP contribution in [0.3, 0.4) is 0 Å². The van der Waals surface area contributed by atoms with E-state index in [4.69, 9.17) is 16.3 Å². The van der Waals surface area contributed by atoms with Crippen LogP contribution in [-0.4, -0.2) is 42.5 Å². The maximum absolute atomic E-state index is 11.8. The van der Waals surface area contributed by atoms with E-state index in [1.807, 2.05) is 11.8 Å². The van der Waals surface area contributed by atoms with E-state index in [0.29, 0.717) is 13.0 Å². The summed E-state index contributed by atoms with van der Waals surface area (Å²) in [5.41, 5.74) is 0. The van der Waals surface area contributed by atoms with Gasteiger partial charge < -0.3 is 9.64 Å². The monoisotopic (exact) mass is 219 g/mol. The molecule has 1 saturated heterocycles. The number of nitrogens with zero attached hydrogens (tertiary/aromatic N) is 1. The number of methoxy groups -OCH3 is 1. The third-order valence-electron chi connectivity index (χ3n) is 2.65. The van der Waals surface area contributed by atoms with Gasteiger partial charge in [-0.1, -0.05) is 6.92 Å². The van der Waals surface area contributed by atoms with Crippen LogP contribution in [-0.2, 0) is 9.53 Å². The summed E-state index contributed by atoms with van der Waals surface area (Å²) in [7, 11) is 1.67. The van der Waals surface area contributed by atoms with Gasteiger partial charge in [0.05, 0.1) is 12.6 Å². The number of alkyl halides is 1. The van der Waals surface area contributed by atoms with E-state index in [1.165, 1.54) is 0 Å². The number of carbonyl (C=O) groups excluding carboxylic acids is 1. The predicted octanol–water partition coefficient (Wildman–Crippen LogP) is 1.64. The molecule has 1 rings (SSSR count). The summed E-state index contributed by atoms with van der Waals surface area (Å²) in [5.74, 6) is 0.0636. The lowest BCUT2D eigenvalue weighted by Gasteiger charge is -2.25. The molecule has 4 heteroatoms. The van der Waals surface area contributed by atoms with E-state index in [-0.39, 0.29) is 17.3 Å². The first-order valence-electron chi connectivity index (χ1n) is 5.14. The van der Waals surface area contributed by atoms with Crippen molar-refractivity contribution >= 4 is 17.5 Å². The largest absolute Gasteiger partial charge is 0.383 e. The molecule has 0 aromatic carbocycles. The van der Waals surface area contributed by atoms with Crippen LogP contribution in [0.4, 0.5) is 0 Å². The number of carbonyl (C=O) groups is 1. The van der Waals surface area contributed by atoms with Crippen LogP contribution in [0.5, 0.6) is 0 Å². The molecule has 0 aromatic heterocycles. The van der Waals surface area contributed by atoms with Gasteiger partial charge in [-0.2, -0.15) is 0 Å².